The Bertz CT molecular complexity index is 811. The summed E-state index contributed by atoms with van der Waals surface area (Å²) in [6.07, 6.45) is 5.72. The fourth-order valence-corrected chi connectivity index (χ4v) is 2.28. The van der Waals surface area contributed by atoms with E-state index in [9.17, 15) is 4.79 Å². The third kappa shape index (κ3) is 3.21. The second kappa shape index (κ2) is 6.31. The van der Waals surface area contributed by atoms with Gasteiger partial charge in [0.05, 0.1) is 24.7 Å². The Labute approximate surface area is 133 Å². The molecule has 2 aromatic heterocycles. The van der Waals surface area contributed by atoms with Gasteiger partial charge in [0.25, 0.3) is 0 Å². The normalized spacial score (nSPS) is 10.5. The topological polar surface area (TPSA) is 83.0 Å². The molecule has 2 heterocycles. The van der Waals surface area contributed by atoms with Crippen LogP contribution in [-0.2, 0) is 11.2 Å². The first-order valence-corrected chi connectivity index (χ1v) is 7.09. The highest BCUT2D eigenvalue weighted by Crippen LogP contribution is 2.18. The highest BCUT2D eigenvalue weighted by atomic mass is 16.5. The van der Waals surface area contributed by atoms with Crippen LogP contribution in [0.1, 0.15) is 21.6 Å². The predicted molar refractivity (Wildman–Crippen MR) is 86.4 cm³/mol. The third-order valence-corrected chi connectivity index (χ3v) is 3.52. The van der Waals surface area contributed by atoms with Crippen LogP contribution in [0.5, 0.6) is 0 Å². The Hall–Kier alpha value is -3.15. The molecule has 0 amide bonds. The van der Waals surface area contributed by atoms with Crippen LogP contribution in [0.2, 0.25) is 0 Å². The van der Waals surface area contributed by atoms with Gasteiger partial charge in [-0.3, -0.25) is 0 Å². The van der Waals surface area contributed by atoms with Crippen molar-refractivity contribution in [2.24, 2.45) is 0 Å². The van der Waals surface area contributed by atoms with E-state index < -0.39 is 5.97 Å². The van der Waals surface area contributed by atoms with Gasteiger partial charge in [-0.15, -0.1) is 0 Å². The number of ether oxygens (including phenoxy) is 1. The maximum atomic E-state index is 11.6. The van der Waals surface area contributed by atoms with Crippen molar-refractivity contribution in [1.29, 1.82) is 0 Å². The van der Waals surface area contributed by atoms with Crippen LogP contribution in [-0.4, -0.2) is 27.8 Å². The summed E-state index contributed by atoms with van der Waals surface area (Å²) in [5.74, 6) is -0.472. The van der Waals surface area contributed by atoms with E-state index in [4.69, 9.17) is 5.73 Å². The first-order chi connectivity index (χ1) is 11.2. The third-order valence-electron chi connectivity index (χ3n) is 3.52. The molecule has 0 spiro atoms. The number of rotatable bonds is 4. The van der Waals surface area contributed by atoms with Gasteiger partial charge in [0, 0.05) is 12.4 Å². The lowest BCUT2D eigenvalue weighted by molar-refractivity contribution is 0.0594. The number of nitrogens with zero attached hydrogens (tertiary/aromatic N) is 3. The summed E-state index contributed by atoms with van der Waals surface area (Å²) >= 11 is 0. The van der Waals surface area contributed by atoms with Crippen LogP contribution in [0.3, 0.4) is 0 Å². The van der Waals surface area contributed by atoms with Crippen molar-refractivity contribution in [2.75, 3.05) is 12.8 Å². The number of benzene rings is 1. The van der Waals surface area contributed by atoms with E-state index in [-0.39, 0.29) is 5.69 Å². The monoisotopic (exact) mass is 308 g/mol. The highest BCUT2D eigenvalue weighted by molar-refractivity contribution is 5.87. The number of aromatic nitrogens is 3. The minimum Gasteiger partial charge on any atom is -0.464 e. The van der Waals surface area contributed by atoms with Crippen molar-refractivity contribution in [3.8, 4) is 5.69 Å². The van der Waals surface area contributed by atoms with E-state index in [0.717, 1.165) is 16.8 Å². The molecule has 23 heavy (non-hydrogen) atoms. The van der Waals surface area contributed by atoms with Gasteiger partial charge >= 0.3 is 5.97 Å². The zero-order valence-electron chi connectivity index (χ0n) is 12.6. The molecule has 0 saturated carbocycles. The quantitative estimate of drug-likeness (QED) is 0.747. The van der Waals surface area contributed by atoms with Crippen molar-refractivity contribution in [3.05, 3.63) is 71.8 Å². The standard InChI is InChI=1S/C17H16N4O2/c1-23-17(22)16-10-13(15(18)11-19-16)9-12-3-5-14(6-4-12)21-8-2-7-20-21/h2-8,10-11H,9,18H2,1H3. The van der Waals surface area contributed by atoms with Gasteiger partial charge in [0.1, 0.15) is 5.69 Å². The van der Waals surface area contributed by atoms with E-state index in [1.165, 1.54) is 13.3 Å². The molecule has 2 N–H and O–H groups in total. The minimum atomic E-state index is -0.472. The second-order valence-electron chi connectivity index (χ2n) is 5.05. The number of carbonyl (C=O) groups is 1. The Morgan fingerprint density at radius 3 is 2.74 bits per heavy atom. The maximum absolute atomic E-state index is 11.6. The van der Waals surface area contributed by atoms with Crippen molar-refractivity contribution in [2.45, 2.75) is 6.42 Å². The van der Waals surface area contributed by atoms with Crippen LogP contribution in [0, 0.1) is 0 Å². The zero-order chi connectivity index (χ0) is 16.2. The lowest BCUT2D eigenvalue weighted by Crippen LogP contribution is -2.07. The van der Waals surface area contributed by atoms with Crippen molar-refractivity contribution in [1.82, 2.24) is 14.8 Å². The highest BCUT2D eigenvalue weighted by Gasteiger charge is 2.10. The Morgan fingerprint density at radius 2 is 2.09 bits per heavy atom. The lowest BCUT2D eigenvalue weighted by Gasteiger charge is -2.08. The number of hydrogen-bond acceptors (Lipinski definition) is 5. The summed E-state index contributed by atoms with van der Waals surface area (Å²) in [6, 6.07) is 11.5. The van der Waals surface area contributed by atoms with E-state index in [1.54, 1.807) is 16.9 Å². The summed E-state index contributed by atoms with van der Waals surface area (Å²) in [7, 11) is 1.33. The molecular formula is C17H16N4O2. The van der Waals surface area contributed by atoms with E-state index in [0.29, 0.717) is 12.1 Å². The second-order valence-corrected chi connectivity index (χ2v) is 5.05. The van der Waals surface area contributed by atoms with Gasteiger partial charge in [0.15, 0.2) is 0 Å². The molecule has 6 nitrogen and oxygen atoms in total. The van der Waals surface area contributed by atoms with Crippen LogP contribution in [0.4, 0.5) is 5.69 Å². The first kappa shape index (κ1) is 14.8. The molecule has 0 saturated heterocycles. The predicted octanol–water partition coefficient (Wildman–Crippen LogP) is 2.23. The van der Waals surface area contributed by atoms with Gasteiger partial charge in [0.2, 0.25) is 0 Å². The molecular weight excluding hydrogens is 292 g/mol. The smallest absolute Gasteiger partial charge is 0.356 e. The van der Waals surface area contributed by atoms with Gasteiger partial charge in [-0.1, -0.05) is 12.1 Å². The summed E-state index contributed by atoms with van der Waals surface area (Å²) in [5, 5.41) is 4.19. The van der Waals surface area contributed by atoms with Crippen LogP contribution in [0.15, 0.2) is 55.0 Å². The van der Waals surface area contributed by atoms with Gasteiger partial charge in [-0.25, -0.2) is 14.5 Å². The fraction of sp³-hybridized carbons (Fsp3) is 0.118. The van der Waals surface area contributed by atoms with E-state index in [2.05, 4.69) is 14.8 Å². The molecule has 3 rings (SSSR count). The van der Waals surface area contributed by atoms with Crippen molar-refractivity contribution in [3.63, 3.8) is 0 Å². The largest absolute Gasteiger partial charge is 0.464 e. The molecule has 0 radical (unpaired) electrons. The molecule has 0 atom stereocenters. The molecule has 6 heteroatoms. The van der Waals surface area contributed by atoms with Gasteiger partial charge in [-0.2, -0.15) is 5.10 Å². The minimum absolute atomic E-state index is 0.255. The molecule has 1 aromatic carbocycles. The zero-order valence-corrected chi connectivity index (χ0v) is 12.6. The van der Waals surface area contributed by atoms with Crippen LogP contribution < -0.4 is 5.73 Å². The number of nitrogen functional groups attached to an aromatic ring is 1. The average molecular weight is 308 g/mol. The number of pyridine rings is 1. The SMILES string of the molecule is COC(=O)c1cc(Cc2ccc(-n3cccn3)cc2)c(N)cn1. The molecule has 0 bridgehead atoms. The Kier molecular flexibility index (Phi) is 4.05. The number of nitrogens with two attached hydrogens (primary N) is 1. The Balaban J connectivity index is 1.83. The number of carbonyl (C=O) groups excluding carboxylic acids is 1. The fourth-order valence-electron chi connectivity index (χ4n) is 2.28. The number of hydrogen-bond donors (Lipinski definition) is 1. The van der Waals surface area contributed by atoms with Crippen LogP contribution >= 0.6 is 0 Å². The Morgan fingerprint density at radius 1 is 1.30 bits per heavy atom. The number of methoxy groups -OCH3 is 1. The average Bonchev–Trinajstić information content (AvgIpc) is 3.11. The molecule has 3 aromatic rings. The molecule has 0 aliphatic rings. The summed E-state index contributed by atoms with van der Waals surface area (Å²) in [6.45, 7) is 0. The number of esters is 1. The summed E-state index contributed by atoms with van der Waals surface area (Å²) in [5.41, 5.74) is 9.66. The van der Waals surface area contributed by atoms with Crippen molar-refractivity contribution < 1.29 is 9.53 Å². The van der Waals surface area contributed by atoms with Gasteiger partial charge < -0.3 is 10.5 Å². The molecule has 0 unspecified atom stereocenters. The first-order valence-electron chi connectivity index (χ1n) is 7.09. The van der Waals surface area contributed by atoms with Crippen molar-refractivity contribution >= 4 is 11.7 Å². The summed E-state index contributed by atoms with van der Waals surface area (Å²) in [4.78, 5) is 15.6. The molecule has 0 fully saturated rings. The lowest BCUT2D eigenvalue weighted by atomic mass is 10.0. The maximum Gasteiger partial charge on any atom is 0.356 e. The molecule has 0 aliphatic heterocycles. The van der Waals surface area contributed by atoms with E-state index in [1.807, 2.05) is 36.5 Å². The van der Waals surface area contributed by atoms with Gasteiger partial charge in [-0.05, 0) is 41.8 Å². The molecule has 0 aliphatic carbocycles. The van der Waals surface area contributed by atoms with Crippen LogP contribution in [0.25, 0.3) is 5.69 Å². The molecule has 116 valence electrons. The number of anilines is 1. The van der Waals surface area contributed by atoms with E-state index >= 15 is 0 Å². The summed E-state index contributed by atoms with van der Waals surface area (Å²) < 4.78 is 6.48.